The topological polar surface area (TPSA) is 53.3 Å². The van der Waals surface area contributed by atoms with Crippen molar-refractivity contribution in [2.75, 3.05) is 13.1 Å². The number of ether oxygens (including phenoxy) is 1. The van der Waals surface area contributed by atoms with Crippen LogP contribution in [0, 0.1) is 11.3 Å². The summed E-state index contributed by atoms with van der Waals surface area (Å²) < 4.78 is 5.50. The Balaban J connectivity index is 2.52. The molecule has 1 saturated heterocycles. The Labute approximate surface area is 90.8 Å². The van der Waals surface area contributed by atoms with Crippen LogP contribution >= 0.6 is 0 Å². The molecule has 1 aliphatic heterocycles. The monoisotopic (exact) mass is 210 g/mol. The van der Waals surface area contributed by atoms with Gasteiger partial charge in [0.15, 0.2) is 0 Å². The number of nitrogens with zero attached hydrogens (tertiary/aromatic N) is 2. The van der Waals surface area contributed by atoms with Gasteiger partial charge in [0.1, 0.15) is 12.6 Å². The second-order valence-electron chi connectivity index (χ2n) is 3.93. The van der Waals surface area contributed by atoms with Gasteiger partial charge in [0.2, 0.25) is 0 Å². The first-order valence-corrected chi connectivity index (χ1v) is 5.50. The molecular weight excluding hydrogens is 192 g/mol. The van der Waals surface area contributed by atoms with Crippen molar-refractivity contribution in [3.8, 4) is 6.07 Å². The Morgan fingerprint density at radius 3 is 2.80 bits per heavy atom. The van der Waals surface area contributed by atoms with E-state index in [1.54, 1.807) is 4.90 Å². The lowest BCUT2D eigenvalue weighted by molar-refractivity contribution is -0.142. The lowest BCUT2D eigenvalue weighted by atomic mass is 10.2. The largest absolute Gasteiger partial charge is 0.365 e. The summed E-state index contributed by atoms with van der Waals surface area (Å²) in [6.07, 6.45) is 2.44. The van der Waals surface area contributed by atoms with E-state index in [9.17, 15) is 4.79 Å². The van der Waals surface area contributed by atoms with Crippen LogP contribution in [0.15, 0.2) is 0 Å². The molecule has 4 nitrogen and oxygen atoms in total. The summed E-state index contributed by atoms with van der Waals surface area (Å²) in [5, 5.41) is 8.62. The van der Waals surface area contributed by atoms with Gasteiger partial charge in [-0.25, -0.2) is 0 Å². The molecule has 2 atom stereocenters. The fourth-order valence-electron chi connectivity index (χ4n) is 1.81. The minimum absolute atomic E-state index is 0.0252. The third kappa shape index (κ3) is 3.21. The van der Waals surface area contributed by atoms with Crippen LogP contribution in [0.3, 0.4) is 0 Å². The van der Waals surface area contributed by atoms with Gasteiger partial charge < -0.3 is 9.64 Å². The van der Waals surface area contributed by atoms with Crippen molar-refractivity contribution in [2.24, 2.45) is 0 Å². The van der Waals surface area contributed by atoms with Crippen LogP contribution in [0.25, 0.3) is 0 Å². The van der Waals surface area contributed by atoms with Crippen molar-refractivity contribution in [3.63, 3.8) is 0 Å². The van der Waals surface area contributed by atoms with Gasteiger partial charge in [0.25, 0.3) is 5.91 Å². The molecule has 0 aromatic heterocycles. The van der Waals surface area contributed by atoms with Gasteiger partial charge in [-0.1, -0.05) is 6.92 Å². The van der Waals surface area contributed by atoms with E-state index >= 15 is 0 Å². The van der Waals surface area contributed by atoms with Gasteiger partial charge in [-0.05, 0) is 26.2 Å². The highest BCUT2D eigenvalue weighted by molar-refractivity contribution is 5.81. The lowest BCUT2D eigenvalue weighted by Gasteiger charge is -2.22. The first-order valence-electron chi connectivity index (χ1n) is 5.50. The summed E-state index contributed by atoms with van der Waals surface area (Å²) in [6.45, 7) is 4.78. The van der Waals surface area contributed by atoms with Gasteiger partial charge in [0, 0.05) is 6.54 Å². The van der Waals surface area contributed by atoms with Gasteiger partial charge >= 0.3 is 0 Å². The Morgan fingerprint density at radius 1 is 1.60 bits per heavy atom. The number of carbonyl (C=O) groups excluding carboxylic acids is 1. The molecule has 1 amide bonds. The zero-order valence-electron chi connectivity index (χ0n) is 9.40. The smallest absolute Gasteiger partial charge is 0.252 e. The van der Waals surface area contributed by atoms with Crippen molar-refractivity contribution in [1.29, 1.82) is 5.26 Å². The Morgan fingerprint density at radius 2 is 2.33 bits per heavy atom. The van der Waals surface area contributed by atoms with E-state index in [1.165, 1.54) is 0 Å². The van der Waals surface area contributed by atoms with Gasteiger partial charge in [-0.15, -0.1) is 0 Å². The molecule has 1 rings (SSSR count). The Hall–Kier alpha value is -1.08. The number of hydrogen-bond donors (Lipinski definition) is 0. The average molecular weight is 210 g/mol. The maximum atomic E-state index is 11.9. The van der Waals surface area contributed by atoms with Gasteiger partial charge in [-0.2, -0.15) is 5.26 Å². The summed E-state index contributed by atoms with van der Waals surface area (Å²) in [4.78, 5) is 13.5. The molecule has 1 aliphatic rings. The van der Waals surface area contributed by atoms with Crippen LogP contribution in [-0.2, 0) is 9.53 Å². The van der Waals surface area contributed by atoms with Crippen molar-refractivity contribution < 1.29 is 9.53 Å². The quantitative estimate of drug-likeness (QED) is 0.657. The van der Waals surface area contributed by atoms with E-state index in [0.29, 0.717) is 6.54 Å². The summed E-state index contributed by atoms with van der Waals surface area (Å²) in [7, 11) is 0. The standard InChI is InChI=1S/C11H18N2O2/c1-3-7-13(8-6-12)11(14)10-5-4-9(2)15-10/h9-10H,3-5,7-8H2,1-2H3. The van der Waals surface area contributed by atoms with Crippen LogP contribution in [0.2, 0.25) is 0 Å². The Bertz CT molecular complexity index is 260. The molecule has 2 unspecified atom stereocenters. The molecule has 1 heterocycles. The maximum absolute atomic E-state index is 11.9. The number of rotatable bonds is 4. The highest BCUT2D eigenvalue weighted by Crippen LogP contribution is 2.20. The molecule has 0 aromatic rings. The molecule has 4 heteroatoms. The molecule has 0 spiro atoms. The third-order valence-electron chi connectivity index (χ3n) is 2.57. The maximum Gasteiger partial charge on any atom is 0.252 e. The second-order valence-corrected chi connectivity index (χ2v) is 3.93. The van der Waals surface area contributed by atoms with E-state index in [1.807, 2.05) is 19.9 Å². The van der Waals surface area contributed by atoms with Crippen LogP contribution in [0.1, 0.15) is 33.1 Å². The predicted molar refractivity (Wildman–Crippen MR) is 56.1 cm³/mol. The molecule has 1 fully saturated rings. The summed E-state index contributed by atoms with van der Waals surface area (Å²) in [5.74, 6) is -0.0252. The van der Waals surface area contributed by atoms with E-state index < -0.39 is 0 Å². The van der Waals surface area contributed by atoms with Crippen molar-refractivity contribution in [3.05, 3.63) is 0 Å². The minimum atomic E-state index is -0.320. The highest BCUT2D eigenvalue weighted by atomic mass is 16.5. The SMILES string of the molecule is CCCN(CC#N)C(=O)C1CCC(C)O1. The first-order chi connectivity index (χ1) is 7.19. The number of amides is 1. The zero-order chi connectivity index (χ0) is 11.3. The van der Waals surface area contributed by atoms with Gasteiger partial charge in [-0.3, -0.25) is 4.79 Å². The molecule has 15 heavy (non-hydrogen) atoms. The van der Waals surface area contributed by atoms with Crippen LogP contribution in [-0.4, -0.2) is 36.1 Å². The van der Waals surface area contributed by atoms with E-state index in [4.69, 9.17) is 10.00 Å². The number of carbonyl (C=O) groups is 1. The highest BCUT2D eigenvalue weighted by Gasteiger charge is 2.31. The lowest BCUT2D eigenvalue weighted by Crippen LogP contribution is -2.39. The number of nitriles is 1. The van der Waals surface area contributed by atoms with Crippen LogP contribution < -0.4 is 0 Å². The fraction of sp³-hybridized carbons (Fsp3) is 0.818. The average Bonchev–Trinajstić information content (AvgIpc) is 2.63. The molecule has 84 valence electrons. The normalized spacial score (nSPS) is 24.9. The Kier molecular flexibility index (Phi) is 4.57. The fourth-order valence-corrected chi connectivity index (χ4v) is 1.81. The van der Waals surface area contributed by atoms with Gasteiger partial charge in [0.05, 0.1) is 12.2 Å². The third-order valence-corrected chi connectivity index (χ3v) is 2.57. The van der Waals surface area contributed by atoms with E-state index in [-0.39, 0.29) is 24.7 Å². The molecule has 0 aromatic carbocycles. The number of hydrogen-bond acceptors (Lipinski definition) is 3. The molecule has 0 N–H and O–H groups in total. The molecule has 0 bridgehead atoms. The predicted octanol–water partition coefficient (Wildman–Crippen LogP) is 1.32. The molecule has 0 aliphatic carbocycles. The zero-order valence-corrected chi connectivity index (χ0v) is 9.40. The van der Waals surface area contributed by atoms with Crippen LogP contribution in [0.4, 0.5) is 0 Å². The van der Waals surface area contributed by atoms with Crippen molar-refractivity contribution in [2.45, 2.75) is 45.3 Å². The second kappa shape index (κ2) is 5.72. The van der Waals surface area contributed by atoms with Crippen LogP contribution in [0.5, 0.6) is 0 Å². The van der Waals surface area contributed by atoms with E-state index in [0.717, 1.165) is 19.3 Å². The van der Waals surface area contributed by atoms with Crippen molar-refractivity contribution in [1.82, 2.24) is 4.90 Å². The summed E-state index contributed by atoms with van der Waals surface area (Å²) in [5.41, 5.74) is 0. The van der Waals surface area contributed by atoms with E-state index in [2.05, 4.69) is 0 Å². The summed E-state index contributed by atoms with van der Waals surface area (Å²) >= 11 is 0. The molecule has 0 radical (unpaired) electrons. The first kappa shape index (κ1) is 12.0. The minimum Gasteiger partial charge on any atom is -0.365 e. The summed E-state index contributed by atoms with van der Waals surface area (Å²) in [6, 6.07) is 2.02. The van der Waals surface area contributed by atoms with Crippen molar-refractivity contribution >= 4 is 5.91 Å². The molecular formula is C11H18N2O2. The molecule has 0 saturated carbocycles.